The maximum absolute atomic E-state index is 11.9. The van der Waals surface area contributed by atoms with Crippen LogP contribution in [-0.2, 0) is 4.79 Å². The summed E-state index contributed by atoms with van der Waals surface area (Å²) in [7, 11) is 0. The topological polar surface area (TPSA) is 58.4 Å². The molecule has 1 fully saturated rings. The van der Waals surface area contributed by atoms with E-state index in [4.69, 9.17) is 5.73 Å². The SMILES string of the molecule is Cc1cccc(N)c1NCC(=O)N1CCCC1. The maximum Gasteiger partial charge on any atom is 0.241 e. The van der Waals surface area contributed by atoms with Gasteiger partial charge in [-0.3, -0.25) is 4.79 Å². The summed E-state index contributed by atoms with van der Waals surface area (Å²) < 4.78 is 0. The van der Waals surface area contributed by atoms with Gasteiger partial charge in [0.2, 0.25) is 5.91 Å². The second-order valence-corrected chi connectivity index (χ2v) is 4.48. The van der Waals surface area contributed by atoms with Crippen LogP contribution in [0.1, 0.15) is 18.4 Å². The number of carbonyl (C=O) groups is 1. The summed E-state index contributed by atoms with van der Waals surface area (Å²) in [6, 6.07) is 5.74. The Morgan fingerprint density at radius 2 is 2.12 bits per heavy atom. The Morgan fingerprint density at radius 3 is 2.76 bits per heavy atom. The van der Waals surface area contributed by atoms with E-state index in [0.29, 0.717) is 12.2 Å². The van der Waals surface area contributed by atoms with Crippen LogP contribution < -0.4 is 11.1 Å². The van der Waals surface area contributed by atoms with Gasteiger partial charge < -0.3 is 16.0 Å². The summed E-state index contributed by atoms with van der Waals surface area (Å²) in [5.41, 5.74) is 8.51. The molecule has 0 aliphatic carbocycles. The number of hydrogen-bond donors (Lipinski definition) is 2. The molecule has 4 nitrogen and oxygen atoms in total. The minimum absolute atomic E-state index is 0.158. The van der Waals surface area contributed by atoms with Gasteiger partial charge in [0, 0.05) is 13.1 Å². The van der Waals surface area contributed by atoms with Crippen molar-refractivity contribution in [3.63, 3.8) is 0 Å². The lowest BCUT2D eigenvalue weighted by atomic mass is 10.1. The van der Waals surface area contributed by atoms with E-state index in [1.165, 1.54) is 0 Å². The third-order valence-corrected chi connectivity index (χ3v) is 3.18. The fraction of sp³-hybridized carbons (Fsp3) is 0.462. The lowest BCUT2D eigenvalue weighted by Gasteiger charge is -2.17. The smallest absolute Gasteiger partial charge is 0.241 e. The second-order valence-electron chi connectivity index (χ2n) is 4.48. The zero-order valence-electron chi connectivity index (χ0n) is 10.2. The largest absolute Gasteiger partial charge is 0.397 e. The van der Waals surface area contributed by atoms with Gasteiger partial charge in [0.25, 0.3) is 0 Å². The molecule has 17 heavy (non-hydrogen) atoms. The molecular formula is C13H19N3O. The Morgan fingerprint density at radius 1 is 1.41 bits per heavy atom. The first-order valence-electron chi connectivity index (χ1n) is 6.05. The number of carbonyl (C=O) groups excluding carboxylic acids is 1. The fourth-order valence-corrected chi connectivity index (χ4v) is 2.17. The van der Waals surface area contributed by atoms with E-state index >= 15 is 0 Å². The van der Waals surface area contributed by atoms with E-state index < -0.39 is 0 Å². The summed E-state index contributed by atoms with van der Waals surface area (Å²) in [5.74, 6) is 0.158. The van der Waals surface area contributed by atoms with Crippen LogP contribution in [0, 0.1) is 6.92 Å². The molecular weight excluding hydrogens is 214 g/mol. The first-order chi connectivity index (χ1) is 8.18. The van der Waals surface area contributed by atoms with Gasteiger partial charge >= 0.3 is 0 Å². The predicted molar refractivity (Wildman–Crippen MR) is 69.9 cm³/mol. The molecule has 1 saturated heterocycles. The average Bonchev–Trinajstić information content (AvgIpc) is 2.81. The van der Waals surface area contributed by atoms with Crippen molar-refractivity contribution in [1.82, 2.24) is 4.90 Å². The van der Waals surface area contributed by atoms with Crippen LogP contribution in [0.25, 0.3) is 0 Å². The van der Waals surface area contributed by atoms with Crippen LogP contribution in [-0.4, -0.2) is 30.4 Å². The van der Waals surface area contributed by atoms with Crippen LogP contribution in [0.2, 0.25) is 0 Å². The number of para-hydroxylation sites is 1. The van der Waals surface area contributed by atoms with Gasteiger partial charge in [-0.2, -0.15) is 0 Å². The molecule has 1 aromatic carbocycles. The molecule has 0 bridgehead atoms. The molecule has 1 aliphatic heterocycles. The van der Waals surface area contributed by atoms with E-state index in [1.54, 1.807) is 0 Å². The number of likely N-dealkylation sites (tertiary alicyclic amines) is 1. The van der Waals surface area contributed by atoms with Gasteiger partial charge in [-0.1, -0.05) is 12.1 Å². The molecule has 4 heteroatoms. The number of benzene rings is 1. The minimum atomic E-state index is 0.158. The number of anilines is 2. The van der Waals surface area contributed by atoms with Crippen molar-refractivity contribution < 1.29 is 4.79 Å². The molecule has 92 valence electrons. The molecule has 0 spiro atoms. The van der Waals surface area contributed by atoms with E-state index in [2.05, 4.69) is 5.32 Å². The highest BCUT2D eigenvalue weighted by molar-refractivity contribution is 5.83. The first-order valence-corrected chi connectivity index (χ1v) is 6.05. The van der Waals surface area contributed by atoms with Crippen molar-refractivity contribution in [2.24, 2.45) is 0 Å². The highest BCUT2D eigenvalue weighted by Crippen LogP contribution is 2.22. The van der Waals surface area contributed by atoms with Crippen molar-refractivity contribution in [3.8, 4) is 0 Å². The molecule has 0 atom stereocenters. The molecule has 3 N–H and O–H groups in total. The maximum atomic E-state index is 11.9. The Labute approximate surface area is 102 Å². The number of nitrogens with two attached hydrogens (primary N) is 1. The van der Waals surface area contributed by atoms with E-state index in [-0.39, 0.29) is 5.91 Å². The van der Waals surface area contributed by atoms with Crippen LogP contribution in [0.5, 0.6) is 0 Å². The van der Waals surface area contributed by atoms with Gasteiger partial charge in [-0.15, -0.1) is 0 Å². The summed E-state index contributed by atoms with van der Waals surface area (Å²) in [4.78, 5) is 13.8. The lowest BCUT2D eigenvalue weighted by Crippen LogP contribution is -2.33. The van der Waals surface area contributed by atoms with Crippen molar-refractivity contribution in [2.45, 2.75) is 19.8 Å². The monoisotopic (exact) mass is 233 g/mol. The summed E-state index contributed by atoms with van der Waals surface area (Å²) in [5, 5.41) is 3.14. The zero-order chi connectivity index (χ0) is 12.3. The van der Waals surface area contributed by atoms with Gasteiger partial charge in [0.15, 0.2) is 0 Å². The number of hydrogen-bond acceptors (Lipinski definition) is 3. The standard InChI is InChI=1S/C13H19N3O/c1-10-5-4-6-11(14)13(10)15-9-12(17)16-7-2-3-8-16/h4-6,15H,2-3,7-9,14H2,1H3. The predicted octanol–water partition coefficient (Wildman–Crippen LogP) is 1.61. The molecule has 0 saturated carbocycles. The van der Waals surface area contributed by atoms with Crippen LogP contribution in [0.3, 0.4) is 0 Å². The number of rotatable bonds is 3. The number of nitrogens with one attached hydrogen (secondary N) is 1. The van der Waals surface area contributed by atoms with Gasteiger partial charge in [-0.05, 0) is 31.4 Å². The third kappa shape index (κ3) is 2.70. The number of nitrogen functional groups attached to an aromatic ring is 1. The van der Waals surface area contributed by atoms with Gasteiger partial charge in [0.05, 0.1) is 17.9 Å². The quantitative estimate of drug-likeness (QED) is 0.780. The highest BCUT2D eigenvalue weighted by atomic mass is 16.2. The molecule has 0 unspecified atom stereocenters. The summed E-state index contributed by atoms with van der Waals surface area (Å²) in [6.45, 7) is 4.10. The van der Waals surface area contributed by atoms with Crippen molar-refractivity contribution in [2.75, 3.05) is 30.7 Å². The Hall–Kier alpha value is -1.71. The van der Waals surface area contributed by atoms with Gasteiger partial charge in [-0.25, -0.2) is 0 Å². The molecule has 1 aliphatic rings. The zero-order valence-corrected chi connectivity index (χ0v) is 10.2. The Bertz CT molecular complexity index is 391. The Kier molecular flexibility index (Phi) is 3.52. The molecule has 1 heterocycles. The molecule has 0 aromatic heterocycles. The number of nitrogens with zero attached hydrogens (tertiary/aromatic N) is 1. The molecule has 2 rings (SSSR count). The summed E-state index contributed by atoms with van der Waals surface area (Å²) in [6.07, 6.45) is 2.25. The molecule has 1 amide bonds. The van der Waals surface area contributed by atoms with Crippen molar-refractivity contribution in [3.05, 3.63) is 23.8 Å². The lowest BCUT2D eigenvalue weighted by molar-refractivity contribution is -0.128. The van der Waals surface area contributed by atoms with Crippen molar-refractivity contribution in [1.29, 1.82) is 0 Å². The number of amides is 1. The van der Waals surface area contributed by atoms with Crippen LogP contribution >= 0.6 is 0 Å². The van der Waals surface area contributed by atoms with Crippen LogP contribution in [0.15, 0.2) is 18.2 Å². The van der Waals surface area contributed by atoms with Crippen LogP contribution in [0.4, 0.5) is 11.4 Å². The molecule has 0 radical (unpaired) electrons. The minimum Gasteiger partial charge on any atom is -0.397 e. The van der Waals surface area contributed by atoms with E-state index in [9.17, 15) is 4.79 Å². The van der Waals surface area contributed by atoms with Gasteiger partial charge in [0.1, 0.15) is 0 Å². The fourth-order valence-electron chi connectivity index (χ4n) is 2.17. The highest BCUT2D eigenvalue weighted by Gasteiger charge is 2.17. The second kappa shape index (κ2) is 5.08. The average molecular weight is 233 g/mol. The summed E-state index contributed by atoms with van der Waals surface area (Å²) >= 11 is 0. The van der Waals surface area contributed by atoms with Crippen molar-refractivity contribution >= 4 is 17.3 Å². The third-order valence-electron chi connectivity index (χ3n) is 3.18. The number of aryl methyl sites for hydroxylation is 1. The Balaban J connectivity index is 1.95. The molecule has 1 aromatic rings. The van der Waals surface area contributed by atoms with E-state index in [1.807, 2.05) is 30.0 Å². The van der Waals surface area contributed by atoms with E-state index in [0.717, 1.165) is 37.2 Å². The normalized spacial score (nSPS) is 15.0. The first kappa shape index (κ1) is 11.8.